The Hall–Kier alpha value is -1.32. The van der Waals surface area contributed by atoms with E-state index < -0.39 is 0 Å². The van der Waals surface area contributed by atoms with E-state index in [0.717, 1.165) is 0 Å². The summed E-state index contributed by atoms with van der Waals surface area (Å²) < 4.78 is 0. The molecule has 0 rings (SSSR count). The molecule has 0 aliphatic carbocycles. The van der Waals surface area contributed by atoms with Crippen molar-refractivity contribution in [1.29, 1.82) is 0 Å². The third-order valence-corrected chi connectivity index (χ3v) is 1.44. The Balaban J connectivity index is 3.30. The molecule has 0 aliphatic rings. The molecule has 0 spiro atoms. The number of hydrogen-bond donors (Lipinski definition) is 2. The molecule has 0 fully saturated rings. The first kappa shape index (κ1) is 11.7. The fourth-order valence-electron chi connectivity index (χ4n) is 0.818. The van der Waals surface area contributed by atoms with Gasteiger partial charge in [-0.05, 0) is 19.4 Å². The third kappa shape index (κ3) is 7.05. The van der Waals surface area contributed by atoms with Gasteiger partial charge in [0, 0.05) is 19.5 Å². The second-order valence-electron chi connectivity index (χ2n) is 2.55. The summed E-state index contributed by atoms with van der Waals surface area (Å²) in [7, 11) is 0. The highest BCUT2D eigenvalue weighted by atomic mass is 16.2. The zero-order valence-electron chi connectivity index (χ0n) is 7.93. The molecule has 0 bridgehead atoms. The molecule has 0 unspecified atom stereocenters. The molecule has 0 radical (unpaired) electrons. The van der Waals surface area contributed by atoms with Crippen LogP contribution in [-0.2, 0) is 9.59 Å². The molecule has 0 saturated carbocycles. The molecule has 13 heavy (non-hydrogen) atoms. The lowest BCUT2D eigenvalue weighted by Gasteiger charge is -2.02. The van der Waals surface area contributed by atoms with Crippen molar-refractivity contribution in [3.63, 3.8) is 0 Å². The number of nitrogens with one attached hydrogen (secondary N) is 2. The van der Waals surface area contributed by atoms with Gasteiger partial charge in [0.25, 0.3) is 0 Å². The predicted octanol–water partition coefficient (Wildman–Crippen LogP) is 0.205. The van der Waals surface area contributed by atoms with E-state index in [1.54, 1.807) is 0 Å². The number of carbonyl (C=O) groups is 2. The van der Waals surface area contributed by atoms with Crippen LogP contribution in [-0.4, -0.2) is 24.9 Å². The maximum Gasteiger partial charge on any atom is 0.243 e. The van der Waals surface area contributed by atoms with Crippen LogP contribution in [0, 0.1) is 0 Å². The number of amides is 2. The van der Waals surface area contributed by atoms with Gasteiger partial charge >= 0.3 is 0 Å². The summed E-state index contributed by atoms with van der Waals surface area (Å²) in [6.45, 7) is 6.35. The standard InChI is InChI=1S/C9H16N2O2/c1-3-8(12)11-7-5-6-9(13)10-4-2/h3H,1,4-7H2,2H3,(H,10,13)(H,11,12). The molecular weight excluding hydrogens is 168 g/mol. The van der Waals surface area contributed by atoms with Crippen molar-refractivity contribution >= 4 is 11.8 Å². The summed E-state index contributed by atoms with van der Waals surface area (Å²) in [6.07, 6.45) is 2.32. The van der Waals surface area contributed by atoms with Crippen molar-refractivity contribution in [2.45, 2.75) is 19.8 Å². The van der Waals surface area contributed by atoms with Gasteiger partial charge in [-0.2, -0.15) is 0 Å². The predicted molar refractivity (Wildman–Crippen MR) is 51.1 cm³/mol. The van der Waals surface area contributed by atoms with Gasteiger partial charge in [-0.25, -0.2) is 0 Å². The average Bonchev–Trinajstić information content (AvgIpc) is 2.12. The molecule has 0 aromatic carbocycles. The first-order valence-electron chi connectivity index (χ1n) is 4.37. The molecule has 2 amide bonds. The molecule has 2 N–H and O–H groups in total. The second kappa shape index (κ2) is 7.34. The summed E-state index contributed by atoms with van der Waals surface area (Å²) in [4.78, 5) is 21.6. The van der Waals surface area contributed by atoms with Crippen LogP contribution >= 0.6 is 0 Å². The maximum atomic E-state index is 10.9. The summed E-state index contributed by atoms with van der Waals surface area (Å²) in [5, 5.41) is 5.27. The fraction of sp³-hybridized carbons (Fsp3) is 0.556. The van der Waals surface area contributed by atoms with Crippen molar-refractivity contribution < 1.29 is 9.59 Å². The van der Waals surface area contributed by atoms with Crippen molar-refractivity contribution in [3.05, 3.63) is 12.7 Å². The van der Waals surface area contributed by atoms with Crippen LogP contribution in [0.3, 0.4) is 0 Å². The molecule has 0 aromatic heterocycles. The zero-order valence-corrected chi connectivity index (χ0v) is 7.93. The highest BCUT2D eigenvalue weighted by Crippen LogP contribution is 1.86. The molecule has 4 heteroatoms. The largest absolute Gasteiger partial charge is 0.356 e. The Bertz CT molecular complexity index is 190. The van der Waals surface area contributed by atoms with Crippen LogP contribution in [0.4, 0.5) is 0 Å². The van der Waals surface area contributed by atoms with E-state index in [9.17, 15) is 9.59 Å². The van der Waals surface area contributed by atoms with E-state index in [2.05, 4.69) is 17.2 Å². The second-order valence-corrected chi connectivity index (χ2v) is 2.55. The van der Waals surface area contributed by atoms with Gasteiger partial charge in [0.15, 0.2) is 0 Å². The topological polar surface area (TPSA) is 58.2 Å². The van der Waals surface area contributed by atoms with Crippen molar-refractivity contribution in [1.82, 2.24) is 10.6 Å². The van der Waals surface area contributed by atoms with Gasteiger partial charge in [-0.1, -0.05) is 6.58 Å². The van der Waals surface area contributed by atoms with Crippen LogP contribution in [0.1, 0.15) is 19.8 Å². The Morgan fingerprint density at radius 1 is 1.38 bits per heavy atom. The monoisotopic (exact) mass is 184 g/mol. The molecule has 0 aliphatic heterocycles. The lowest BCUT2D eigenvalue weighted by atomic mass is 10.3. The van der Waals surface area contributed by atoms with Gasteiger partial charge < -0.3 is 10.6 Å². The zero-order chi connectivity index (χ0) is 10.1. The Morgan fingerprint density at radius 3 is 2.62 bits per heavy atom. The molecule has 0 saturated heterocycles. The summed E-state index contributed by atoms with van der Waals surface area (Å²) in [5.41, 5.74) is 0. The van der Waals surface area contributed by atoms with Crippen molar-refractivity contribution in [2.75, 3.05) is 13.1 Å². The Kier molecular flexibility index (Phi) is 6.59. The van der Waals surface area contributed by atoms with Crippen LogP contribution in [0.2, 0.25) is 0 Å². The minimum absolute atomic E-state index is 0.0235. The first-order valence-corrected chi connectivity index (χ1v) is 4.37. The Morgan fingerprint density at radius 2 is 2.08 bits per heavy atom. The van der Waals surface area contributed by atoms with E-state index in [-0.39, 0.29) is 11.8 Å². The molecular formula is C9H16N2O2. The van der Waals surface area contributed by atoms with Crippen LogP contribution in [0.15, 0.2) is 12.7 Å². The van der Waals surface area contributed by atoms with Crippen LogP contribution < -0.4 is 10.6 Å². The summed E-state index contributed by atoms with van der Waals surface area (Å²) >= 11 is 0. The normalized spacial score (nSPS) is 9.00. The van der Waals surface area contributed by atoms with Gasteiger partial charge in [-0.15, -0.1) is 0 Å². The number of hydrogen-bond acceptors (Lipinski definition) is 2. The van der Waals surface area contributed by atoms with Crippen LogP contribution in [0.25, 0.3) is 0 Å². The minimum atomic E-state index is -0.198. The van der Waals surface area contributed by atoms with E-state index in [1.807, 2.05) is 6.92 Å². The fourth-order valence-corrected chi connectivity index (χ4v) is 0.818. The molecule has 4 nitrogen and oxygen atoms in total. The van der Waals surface area contributed by atoms with Crippen molar-refractivity contribution in [2.24, 2.45) is 0 Å². The summed E-state index contributed by atoms with van der Waals surface area (Å²) in [6, 6.07) is 0. The maximum absolute atomic E-state index is 10.9. The van der Waals surface area contributed by atoms with E-state index in [4.69, 9.17) is 0 Å². The number of carbonyl (C=O) groups excluding carboxylic acids is 2. The Labute approximate surface area is 78.4 Å². The van der Waals surface area contributed by atoms with Crippen LogP contribution in [0.5, 0.6) is 0 Å². The van der Waals surface area contributed by atoms with Gasteiger partial charge in [0.1, 0.15) is 0 Å². The van der Waals surface area contributed by atoms with Gasteiger partial charge in [0.2, 0.25) is 11.8 Å². The highest BCUT2D eigenvalue weighted by molar-refractivity contribution is 5.86. The quantitative estimate of drug-likeness (QED) is 0.458. The minimum Gasteiger partial charge on any atom is -0.356 e. The SMILES string of the molecule is C=CC(=O)NCCCC(=O)NCC. The van der Waals surface area contributed by atoms with Crippen molar-refractivity contribution in [3.8, 4) is 0 Å². The lowest BCUT2D eigenvalue weighted by Crippen LogP contribution is -2.26. The molecule has 0 aromatic rings. The third-order valence-electron chi connectivity index (χ3n) is 1.44. The highest BCUT2D eigenvalue weighted by Gasteiger charge is 1.98. The van der Waals surface area contributed by atoms with E-state index in [0.29, 0.717) is 25.9 Å². The van der Waals surface area contributed by atoms with E-state index >= 15 is 0 Å². The first-order chi connectivity index (χ1) is 6.20. The smallest absolute Gasteiger partial charge is 0.243 e. The van der Waals surface area contributed by atoms with Gasteiger partial charge in [-0.3, -0.25) is 9.59 Å². The molecule has 0 heterocycles. The average molecular weight is 184 g/mol. The summed E-state index contributed by atoms with van der Waals surface area (Å²) in [5.74, 6) is -0.175. The van der Waals surface area contributed by atoms with Gasteiger partial charge in [0.05, 0.1) is 0 Å². The lowest BCUT2D eigenvalue weighted by molar-refractivity contribution is -0.121. The molecule has 0 atom stereocenters. The number of rotatable bonds is 6. The van der Waals surface area contributed by atoms with E-state index in [1.165, 1.54) is 6.08 Å². The molecule has 74 valence electrons.